The number of aryl methyl sites for hydroxylation is 3. The van der Waals surface area contributed by atoms with E-state index in [4.69, 9.17) is 10.8 Å². The highest BCUT2D eigenvalue weighted by atomic mass is 15.4. The van der Waals surface area contributed by atoms with Crippen LogP contribution < -0.4 is 5.73 Å². The van der Waals surface area contributed by atoms with Crippen LogP contribution in [0.25, 0.3) is 22.3 Å². The number of nitrogens with zero attached hydrogens (tertiary/aromatic N) is 7. The van der Waals surface area contributed by atoms with Crippen molar-refractivity contribution in [1.29, 1.82) is 0 Å². The van der Waals surface area contributed by atoms with Crippen molar-refractivity contribution in [3.8, 4) is 11.3 Å². The number of aromatic nitrogens is 7. The second-order valence-electron chi connectivity index (χ2n) is 8.59. The summed E-state index contributed by atoms with van der Waals surface area (Å²) in [6, 6.07) is 10.0. The fourth-order valence-corrected chi connectivity index (χ4v) is 4.18. The summed E-state index contributed by atoms with van der Waals surface area (Å²) < 4.78 is 3.77. The third kappa shape index (κ3) is 5.94. The molecule has 2 N–H and O–H groups in total. The van der Waals surface area contributed by atoms with E-state index in [-0.39, 0.29) is 0 Å². The van der Waals surface area contributed by atoms with Gasteiger partial charge in [-0.3, -0.25) is 4.68 Å². The predicted octanol–water partition coefficient (Wildman–Crippen LogP) is 5.05. The van der Waals surface area contributed by atoms with Gasteiger partial charge >= 0.3 is 0 Å². The maximum Gasteiger partial charge on any atom is 0.164 e. The van der Waals surface area contributed by atoms with E-state index in [2.05, 4.69) is 27.2 Å². The van der Waals surface area contributed by atoms with Gasteiger partial charge in [0.2, 0.25) is 0 Å². The van der Waals surface area contributed by atoms with Gasteiger partial charge in [-0.05, 0) is 12.8 Å². The molecule has 3 heterocycles. The van der Waals surface area contributed by atoms with Crippen molar-refractivity contribution >= 4 is 16.9 Å². The lowest BCUT2D eigenvalue weighted by Crippen LogP contribution is -2.10. The average Bonchev–Trinajstić information content (AvgIpc) is 3.45. The summed E-state index contributed by atoms with van der Waals surface area (Å²) in [6.07, 6.45) is 15.1. The molecule has 33 heavy (non-hydrogen) atoms. The molecule has 0 atom stereocenters. The van der Waals surface area contributed by atoms with Crippen molar-refractivity contribution in [2.75, 3.05) is 5.73 Å². The Morgan fingerprint density at radius 3 is 2.42 bits per heavy atom. The van der Waals surface area contributed by atoms with Gasteiger partial charge in [-0.15, -0.1) is 5.10 Å². The standard InChI is InChI=1S/C25H34N8/c1-2-3-4-5-6-7-8-12-15-21-18-32(31-29-21)16-17-33-25-22(24(26)27-19-28-25)23(30-33)20-13-10-9-11-14-20/h9-11,13-14,18-19H,2-8,12,15-17H2,1H3,(H2,26,27,28). The largest absolute Gasteiger partial charge is 0.383 e. The molecule has 3 aromatic heterocycles. The zero-order valence-electron chi connectivity index (χ0n) is 19.5. The maximum atomic E-state index is 6.18. The van der Waals surface area contributed by atoms with E-state index in [1.54, 1.807) is 0 Å². The minimum atomic E-state index is 0.443. The highest BCUT2D eigenvalue weighted by Gasteiger charge is 2.16. The smallest absolute Gasteiger partial charge is 0.164 e. The van der Waals surface area contributed by atoms with Crippen LogP contribution in [0.1, 0.15) is 64.0 Å². The molecule has 8 heteroatoms. The number of hydrogen-bond donors (Lipinski definition) is 1. The number of nitrogens with two attached hydrogens (primary N) is 1. The normalized spacial score (nSPS) is 11.4. The number of benzene rings is 1. The van der Waals surface area contributed by atoms with Gasteiger partial charge in [-0.1, -0.05) is 87.4 Å². The second-order valence-corrected chi connectivity index (χ2v) is 8.59. The summed E-state index contributed by atoms with van der Waals surface area (Å²) in [5.41, 5.74) is 9.78. The first-order valence-electron chi connectivity index (χ1n) is 12.2. The van der Waals surface area contributed by atoms with E-state index in [0.717, 1.165) is 34.4 Å². The van der Waals surface area contributed by atoms with Gasteiger partial charge in [0, 0.05) is 11.8 Å². The molecule has 174 valence electrons. The number of unbranched alkanes of at least 4 members (excludes halogenated alkanes) is 7. The summed E-state index contributed by atoms with van der Waals surface area (Å²) in [5.74, 6) is 0.443. The molecule has 0 bridgehead atoms. The summed E-state index contributed by atoms with van der Waals surface area (Å²) in [4.78, 5) is 8.63. The summed E-state index contributed by atoms with van der Waals surface area (Å²) in [6.45, 7) is 3.55. The third-order valence-corrected chi connectivity index (χ3v) is 6.02. The molecular formula is C25H34N8. The SMILES string of the molecule is CCCCCCCCCCc1cn(CCn2nc(-c3ccccc3)c3c(N)ncnc32)nn1. The molecule has 4 rings (SSSR count). The van der Waals surface area contributed by atoms with Crippen LogP contribution in [0.5, 0.6) is 0 Å². The molecule has 0 saturated carbocycles. The van der Waals surface area contributed by atoms with Gasteiger partial charge < -0.3 is 5.73 Å². The molecule has 0 aliphatic heterocycles. The third-order valence-electron chi connectivity index (χ3n) is 6.02. The monoisotopic (exact) mass is 446 g/mol. The zero-order chi connectivity index (χ0) is 22.9. The molecule has 0 saturated heterocycles. The van der Waals surface area contributed by atoms with E-state index in [1.165, 1.54) is 57.7 Å². The van der Waals surface area contributed by atoms with Crippen LogP contribution in [-0.2, 0) is 19.5 Å². The van der Waals surface area contributed by atoms with Crippen molar-refractivity contribution in [1.82, 2.24) is 34.7 Å². The quantitative estimate of drug-likeness (QED) is 0.288. The number of anilines is 1. The van der Waals surface area contributed by atoms with Gasteiger partial charge in [0.25, 0.3) is 0 Å². The van der Waals surface area contributed by atoms with E-state index >= 15 is 0 Å². The fourth-order valence-electron chi connectivity index (χ4n) is 4.18. The highest BCUT2D eigenvalue weighted by molar-refractivity contribution is 5.98. The van der Waals surface area contributed by atoms with Crippen LogP contribution in [0.2, 0.25) is 0 Å². The number of nitrogen functional groups attached to an aromatic ring is 1. The lowest BCUT2D eigenvalue weighted by Gasteiger charge is -2.03. The predicted molar refractivity (Wildman–Crippen MR) is 132 cm³/mol. The molecule has 1 aromatic carbocycles. The summed E-state index contributed by atoms with van der Waals surface area (Å²) in [7, 11) is 0. The molecule has 0 amide bonds. The minimum absolute atomic E-state index is 0.443. The first kappa shape index (κ1) is 22.9. The van der Waals surface area contributed by atoms with E-state index in [1.807, 2.05) is 45.9 Å². The molecule has 0 aliphatic rings. The van der Waals surface area contributed by atoms with Crippen LogP contribution >= 0.6 is 0 Å². The highest BCUT2D eigenvalue weighted by Crippen LogP contribution is 2.29. The summed E-state index contributed by atoms with van der Waals surface area (Å²) >= 11 is 0. The summed E-state index contributed by atoms with van der Waals surface area (Å²) in [5, 5.41) is 14.3. The first-order chi connectivity index (χ1) is 16.3. The lowest BCUT2D eigenvalue weighted by molar-refractivity contribution is 0.497. The van der Waals surface area contributed by atoms with Gasteiger partial charge in [0.15, 0.2) is 5.65 Å². The first-order valence-corrected chi connectivity index (χ1v) is 12.2. The Hall–Kier alpha value is -3.29. The van der Waals surface area contributed by atoms with Gasteiger partial charge in [0.05, 0.1) is 24.2 Å². The van der Waals surface area contributed by atoms with Crippen LogP contribution in [-0.4, -0.2) is 34.7 Å². The van der Waals surface area contributed by atoms with Crippen molar-refractivity contribution in [2.24, 2.45) is 0 Å². The molecule has 4 aromatic rings. The molecule has 0 spiro atoms. The Bertz CT molecular complexity index is 1130. The van der Waals surface area contributed by atoms with Gasteiger partial charge in [-0.25, -0.2) is 14.6 Å². The van der Waals surface area contributed by atoms with Crippen molar-refractivity contribution < 1.29 is 0 Å². The van der Waals surface area contributed by atoms with Crippen molar-refractivity contribution in [3.63, 3.8) is 0 Å². The maximum absolute atomic E-state index is 6.18. The zero-order valence-corrected chi connectivity index (χ0v) is 19.5. The second kappa shape index (κ2) is 11.5. The molecule has 8 nitrogen and oxygen atoms in total. The van der Waals surface area contributed by atoms with Crippen LogP contribution in [0.4, 0.5) is 5.82 Å². The molecule has 0 unspecified atom stereocenters. The van der Waals surface area contributed by atoms with Gasteiger partial charge in [-0.2, -0.15) is 5.10 Å². The van der Waals surface area contributed by atoms with E-state index in [9.17, 15) is 0 Å². The topological polar surface area (TPSA) is 100 Å². The van der Waals surface area contributed by atoms with E-state index < -0.39 is 0 Å². The Labute approximate surface area is 195 Å². The number of rotatable bonds is 13. The van der Waals surface area contributed by atoms with Crippen molar-refractivity contribution in [2.45, 2.75) is 77.8 Å². The van der Waals surface area contributed by atoms with Crippen LogP contribution in [0.3, 0.4) is 0 Å². The Morgan fingerprint density at radius 1 is 0.879 bits per heavy atom. The molecule has 0 fully saturated rings. The van der Waals surface area contributed by atoms with Crippen LogP contribution in [0.15, 0.2) is 42.9 Å². The van der Waals surface area contributed by atoms with E-state index in [0.29, 0.717) is 18.9 Å². The Balaban J connectivity index is 1.33. The number of fused-ring (bicyclic) bond motifs is 1. The average molecular weight is 447 g/mol. The Kier molecular flexibility index (Phi) is 8.00. The Morgan fingerprint density at radius 2 is 1.64 bits per heavy atom. The lowest BCUT2D eigenvalue weighted by atomic mass is 10.1. The molecule has 0 radical (unpaired) electrons. The fraction of sp³-hybridized carbons (Fsp3) is 0.480. The van der Waals surface area contributed by atoms with Gasteiger partial charge in [0.1, 0.15) is 17.8 Å². The van der Waals surface area contributed by atoms with Crippen LogP contribution in [0, 0.1) is 0 Å². The van der Waals surface area contributed by atoms with Crippen molar-refractivity contribution in [3.05, 3.63) is 48.5 Å². The molecule has 0 aliphatic carbocycles. The minimum Gasteiger partial charge on any atom is -0.383 e. The number of hydrogen-bond acceptors (Lipinski definition) is 6. The molecular weight excluding hydrogens is 412 g/mol.